The zero-order valence-corrected chi connectivity index (χ0v) is 33.8. The first-order chi connectivity index (χ1) is 30.1. The van der Waals surface area contributed by atoms with Gasteiger partial charge in [-0.2, -0.15) is 5.26 Å². The van der Waals surface area contributed by atoms with Gasteiger partial charge in [0.05, 0.1) is 22.7 Å². The van der Waals surface area contributed by atoms with Crippen molar-refractivity contribution in [3.8, 4) is 56.3 Å². The molecule has 288 valence electrons. The first-order valence-electron chi connectivity index (χ1n) is 20.9. The van der Waals surface area contributed by atoms with Gasteiger partial charge in [-0.15, -0.1) is 0 Å². The fraction of sp³-hybridized carbons (Fsp3) is 0.0517. The predicted molar refractivity (Wildman–Crippen MR) is 253 cm³/mol. The van der Waals surface area contributed by atoms with Gasteiger partial charge >= 0.3 is 0 Å². The number of benzene rings is 9. The Kier molecular flexibility index (Phi) is 8.91. The Balaban J connectivity index is 0.957. The van der Waals surface area contributed by atoms with Crippen LogP contribution in [0.25, 0.3) is 93.9 Å². The molecule has 0 aliphatic heterocycles. The van der Waals surface area contributed by atoms with Crippen LogP contribution in [0.15, 0.2) is 205 Å². The number of hydrogen-bond donors (Lipinski definition) is 0. The second-order valence-corrected chi connectivity index (χ2v) is 16.0. The highest BCUT2D eigenvalue weighted by Gasteiger charge is 2.18. The summed E-state index contributed by atoms with van der Waals surface area (Å²) < 4.78 is 8.87. The van der Waals surface area contributed by atoms with E-state index < -0.39 is 0 Å². The van der Waals surface area contributed by atoms with Crippen LogP contribution in [0.3, 0.4) is 0 Å². The molecule has 0 N–H and O–H groups in total. The molecule has 0 unspecified atom stereocenters. The summed E-state index contributed by atoms with van der Waals surface area (Å²) in [6.07, 6.45) is 1.78. The molecule has 2 heterocycles. The minimum atomic E-state index is 0.708. The monoisotopic (exact) mass is 780 g/mol. The van der Waals surface area contributed by atoms with E-state index in [0.717, 1.165) is 51.6 Å². The standard InChI is InChI=1S/C58H40N2O/c1-38-21-23-44(34-52(38)48-16-6-5-13-43(48)24-22-39-11-9-12-40(33-39)37-59)41-25-27-42(28-26-41)45-29-31-55-53(35-45)54-36-46(30-32-56(54)60(55)47-14-3-2-4-15-47)49-18-10-19-51-50-17-7-8-20-57(50)61-58(49)51/h2-21,23,25-36H,22,24H2,1H3. The molecule has 0 bridgehead atoms. The first kappa shape index (κ1) is 36.2. The lowest BCUT2D eigenvalue weighted by Gasteiger charge is -2.14. The van der Waals surface area contributed by atoms with Gasteiger partial charge in [0.25, 0.3) is 0 Å². The number of aromatic nitrogens is 1. The van der Waals surface area contributed by atoms with E-state index in [1.165, 1.54) is 71.9 Å². The van der Waals surface area contributed by atoms with Crippen molar-refractivity contribution in [2.45, 2.75) is 19.8 Å². The number of furan rings is 1. The van der Waals surface area contributed by atoms with Gasteiger partial charge in [-0.3, -0.25) is 0 Å². The molecule has 3 heteroatoms. The van der Waals surface area contributed by atoms with Crippen LogP contribution in [0.2, 0.25) is 0 Å². The SMILES string of the molecule is Cc1ccc(-c2ccc(-c3ccc4c(c3)c3cc(-c5cccc6c5oc5ccccc56)ccc3n4-c3ccccc3)cc2)cc1-c1ccccc1CCc1cccc(C#N)c1. The molecule has 0 radical (unpaired) electrons. The Morgan fingerprint density at radius 1 is 0.459 bits per heavy atom. The van der Waals surface area contributed by atoms with Crippen LogP contribution in [-0.4, -0.2) is 4.57 Å². The molecular formula is C58H40N2O. The van der Waals surface area contributed by atoms with Gasteiger partial charge in [-0.1, -0.05) is 140 Å². The third kappa shape index (κ3) is 6.47. The maximum absolute atomic E-state index is 9.40. The molecule has 0 saturated heterocycles. The lowest BCUT2D eigenvalue weighted by molar-refractivity contribution is 0.670. The van der Waals surface area contributed by atoms with Crippen LogP contribution in [0, 0.1) is 18.3 Å². The van der Waals surface area contributed by atoms with Gasteiger partial charge in [0.1, 0.15) is 11.2 Å². The molecule has 2 aromatic heterocycles. The Bertz CT molecular complexity index is 3490. The normalized spacial score (nSPS) is 11.5. The summed E-state index contributed by atoms with van der Waals surface area (Å²) in [7, 11) is 0. The maximum atomic E-state index is 9.40. The summed E-state index contributed by atoms with van der Waals surface area (Å²) in [4.78, 5) is 0. The van der Waals surface area contributed by atoms with Crippen molar-refractivity contribution in [3.63, 3.8) is 0 Å². The van der Waals surface area contributed by atoms with Gasteiger partial charge in [0, 0.05) is 32.8 Å². The summed E-state index contributed by atoms with van der Waals surface area (Å²) in [5.41, 5.74) is 19.2. The summed E-state index contributed by atoms with van der Waals surface area (Å²) in [5, 5.41) is 14.1. The molecular weight excluding hydrogens is 741 g/mol. The van der Waals surface area contributed by atoms with Crippen LogP contribution in [0.1, 0.15) is 22.3 Å². The average Bonchev–Trinajstić information content (AvgIpc) is 3.87. The summed E-state index contributed by atoms with van der Waals surface area (Å²) in [5.74, 6) is 0. The van der Waals surface area contributed by atoms with E-state index in [1.54, 1.807) is 0 Å². The smallest absolute Gasteiger partial charge is 0.143 e. The Morgan fingerprint density at radius 2 is 1.08 bits per heavy atom. The van der Waals surface area contributed by atoms with Crippen molar-refractivity contribution in [1.29, 1.82) is 5.26 Å². The molecule has 11 aromatic rings. The van der Waals surface area contributed by atoms with Crippen LogP contribution in [0.4, 0.5) is 0 Å². The molecule has 3 nitrogen and oxygen atoms in total. The molecule has 0 saturated carbocycles. The number of hydrogen-bond acceptors (Lipinski definition) is 2. The van der Waals surface area contributed by atoms with E-state index in [-0.39, 0.29) is 0 Å². The van der Waals surface area contributed by atoms with Gasteiger partial charge in [0.15, 0.2) is 0 Å². The van der Waals surface area contributed by atoms with Crippen LogP contribution in [-0.2, 0) is 12.8 Å². The number of rotatable bonds is 8. The zero-order valence-electron chi connectivity index (χ0n) is 33.8. The largest absolute Gasteiger partial charge is 0.455 e. The number of nitriles is 1. The zero-order chi connectivity index (χ0) is 40.9. The lowest BCUT2D eigenvalue weighted by atomic mass is 9.90. The molecule has 0 spiro atoms. The van der Waals surface area contributed by atoms with E-state index in [9.17, 15) is 5.26 Å². The van der Waals surface area contributed by atoms with Crippen molar-refractivity contribution in [2.75, 3.05) is 0 Å². The Morgan fingerprint density at radius 3 is 1.89 bits per heavy atom. The maximum Gasteiger partial charge on any atom is 0.143 e. The van der Waals surface area contributed by atoms with Gasteiger partial charge in [0.2, 0.25) is 0 Å². The van der Waals surface area contributed by atoms with E-state index >= 15 is 0 Å². The van der Waals surface area contributed by atoms with Crippen LogP contribution >= 0.6 is 0 Å². The fourth-order valence-corrected chi connectivity index (χ4v) is 9.22. The van der Waals surface area contributed by atoms with Crippen molar-refractivity contribution in [3.05, 3.63) is 222 Å². The molecule has 61 heavy (non-hydrogen) atoms. The molecule has 11 rings (SSSR count). The van der Waals surface area contributed by atoms with Crippen LogP contribution in [0.5, 0.6) is 0 Å². The van der Waals surface area contributed by atoms with E-state index in [4.69, 9.17) is 4.42 Å². The summed E-state index contributed by atoms with van der Waals surface area (Å²) >= 11 is 0. The lowest BCUT2D eigenvalue weighted by Crippen LogP contribution is -1.96. The molecule has 0 fully saturated rings. The second-order valence-electron chi connectivity index (χ2n) is 16.0. The molecule has 0 aliphatic carbocycles. The van der Waals surface area contributed by atoms with Crippen molar-refractivity contribution >= 4 is 43.7 Å². The summed E-state index contributed by atoms with van der Waals surface area (Å²) in [6, 6.07) is 73.9. The van der Waals surface area contributed by atoms with Crippen molar-refractivity contribution in [1.82, 2.24) is 4.57 Å². The molecule has 0 atom stereocenters. The number of para-hydroxylation sites is 3. The van der Waals surface area contributed by atoms with Crippen LogP contribution < -0.4 is 0 Å². The van der Waals surface area contributed by atoms with E-state index in [1.807, 2.05) is 30.3 Å². The van der Waals surface area contributed by atoms with E-state index in [0.29, 0.717) is 5.56 Å². The topological polar surface area (TPSA) is 41.9 Å². The number of aryl methyl sites for hydroxylation is 3. The minimum Gasteiger partial charge on any atom is -0.455 e. The highest BCUT2D eigenvalue weighted by Crippen LogP contribution is 2.41. The minimum absolute atomic E-state index is 0.708. The molecule has 0 aliphatic rings. The van der Waals surface area contributed by atoms with Gasteiger partial charge in [-0.05, 0) is 136 Å². The first-order valence-corrected chi connectivity index (χ1v) is 20.9. The fourth-order valence-electron chi connectivity index (χ4n) is 9.22. The highest BCUT2D eigenvalue weighted by molar-refractivity contribution is 6.14. The number of fused-ring (bicyclic) bond motifs is 6. The summed E-state index contributed by atoms with van der Waals surface area (Å²) in [6.45, 7) is 2.20. The predicted octanol–water partition coefficient (Wildman–Crippen LogP) is 15.3. The van der Waals surface area contributed by atoms with Crippen molar-refractivity contribution in [2.24, 2.45) is 0 Å². The van der Waals surface area contributed by atoms with Gasteiger partial charge in [-0.25, -0.2) is 0 Å². The quantitative estimate of drug-likeness (QED) is 0.154. The third-order valence-corrected chi connectivity index (χ3v) is 12.3. The highest BCUT2D eigenvalue weighted by atomic mass is 16.3. The molecule has 9 aromatic carbocycles. The van der Waals surface area contributed by atoms with E-state index in [2.05, 4.69) is 187 Å². The Labute approximate surface area is 355 Å². The average molecular weight is 781 g/mol. The second kappa shape index (κ2) is 15.0. The van der Waals surface area contributed by atoms with Crippen molar-refractivity contribution < 1.29 is 4.42 Å². The van der Waals surface area contributed by atoms with Gasteiger partial charge < -0.3 is 8.98 Å². The third-order valence-electron chi connectivity index (χ3n) is 12.3. The molecule has 0 amide bonds. The number of nitrogens with zero attached hydrogens (tertiary/aromatic N) is 2. The Hall–Kier alpha value is -7.93.